The molecule has 0 atom stereocenters. The predicted molar refractivity (Wildman–Crippen MR) is 117 cm³/mol. The van der Waals surface area contributed by atoms with Crippen LogP contribution in [0.1, 0.15) is 36.0 Å². The fourth-order valence-electron chi connectivity index (χ4n) is 3.40. The molecule has 1 heterocycles. The number of amides is 1. The highest BCUT2D eigenvalue weighted by molar-refractivity contribution is 7.89. The van der Waals surface area contributed by atoms with Crippen molar-refractivity contribution < 1.29 is 13.2 Å². The van der Waals surface area contributed by atoms with E-state index in [1.807, 2.05) is 12.1 Å². The highest BCUT2D eigenvalue weighted by Gasteiger charge is 2.20. The van der Waals surface area contributed by atoms with Crippen molar-refractivity contribution in [1.82, 2.24) is 4.31 Å². The number of sulfonamides is 1. The number of carbonyl (C=O) groups is 1. The normalized spacial score (nSPS) is 15.2. The van der Waals surface area contributed by atoms with E-state index in [1.54, 1.807) is 18.2 Å². The number of rotatable bonds is 5. The van der Waals surface area contributed by atoms with Crippen LogP contribution in [0.3, 0.4) is 0 Å². The van der Waals surface area contributed by atoms with E-state index in [1.165, 1.54) is 39.1 Å². The lowest BCUT2D eigenvalue weighted by atomic mass is 10.2. The first-order chi connectivity index (χ1) is 13.8. The van der Waals surface area contributed by atoms with Crippen LogP contribution in [0.25, 0.3) is 0 Å². The van der Waals surface area contributed by atoms with E-state index < -0.39 is 10.0 Å². The first kappa shape index (κ1) is 21.6. The average molecular weight is 436 g/mol. The number of nitrogens with one attached hydrogen (secondary N) is 1. The van der Waals surface area contributed by atoms with Crippen LogP contribution in [0, 0.1) is 0 Å². The second-order valence-corrected chi connectivity index (χ2v) is 9.92. The van der Waals surface area contributed by atoms with Crippen molar-refractivity contribution in [1.29, 1.82) is 0 Å². The van der Waals surface area contributed by atoms with Gasteiger partial charge in [0.15, 0.2) is 0 Å². The minimum absolute atomic E-state index is 0.0778. The van der Waals surface area contributed by atoms with Gasteiger partial charge in [-0.15, -0.1) is 0 Å². The lowest BCUT2D eigenvalue weighted by molar-refractivity contribution is 0.102. The number of anilines is 2. The molecule has 1 N–H and O–H groups in total. The van der Waals surface area contributed by atoms with Crippen molar-refractivity contribution in [3.63, 3.8) is 0 Å². The predicted octanol–water partition coefficient (Wildman–Crippen LogP) is 4.22. The van der Waals surface area contributed by atoms with Gasteiger partial charge in [-0.2, -0.15) is 0 Å². The number of carbonyl (C=O) groups excluding carboxylic acids is 1. The lowest BCUT2D eigenvalue weighted by Gasteiger charge is -2.25. The van der Waals surface area contributed by atoms with Crippen molar-refractivity contribution >= 4 is 38.9 Å². The Balaban J connectivity index is 1.89. The maximum Gasteiger partial charge on any atom is 0.255 e. The number of halogens is 1. The van der Waals surface area contributed by atoms with E-state index in [2.05, 4.69) is 10.2 Å². The van der Waals surface area contributed by atoms with Crippen molar-refractivity contribution in [2.45, 2.75) is 30.6 Å². The van der Waals surface area contributed by atoms with Gasteiger partial charge in [-0.1, -0.05) is 30.5 Å². The van der Waals surface area contributed by atoms with Gasteiger partial charge in [0.05, 0.1) is 16.3 Å². The fraction of sp³-hybridized carbons (Fsp3) is 0.381. The van der Waals surface area contributed by atoms with Crippen molar-refractivity contribution in [3.05, 3.63) is 53.1 Å². The van der Waals surface area contributed by atoms with Crippen LogP contribution in [-0.4, -0.2) is 45.8 Å². The quantitative estimate of drug-likeness (QED) is 0.763. The van der Waals surface area contributed by atoms with E-state index in [4.69, 9.17) is 11.6 Å². The number of hydrogen-bond acceptors (Lipinski definition) is 4. The van der Waals surface area contributed by atoms with Gasteiger partial charge in [-0.25, -0.2) is 12.7 Å². The Morgan fingerprint density at radius 3 is 2.38 bits per heavy atom. The van der Waals surface area contributed by atoms with Crippen LogP contribution >= 0.6 is 11.6 Å². The van der Waals surface area contributed by atoms with Gasteiger partial charge in [-0.05, 0) is 49.2 Å². The van der Waals surface area contributed by atoms with Crippen LogP contribution in [0.5, 0.6) is 0 Å². The molecule has 0 saturated carbocycles. The summed E-state index contributed by atoms with van der Waals surface area (Å²) in [6.45, 7) is 1.86. The van der Waals surface area contributed by atoms with Crippen LogP contribution in [0.4, 0.5) is 11.4 Å². The topological polar surface area (TPSA) is 69.7 Å². The average Bonchev–Trinajstić information content (AvgIpc) is 2.97. The Bertz CT molecular complexity index is 984. The largest absolute Gasteiger partial charge is 0.370 e. The molecular weight excluding hydrogens is 410 g/mol. The van der Waals surface area contributed by atoms with E-state index in [0.717, 1.165) is 35.9 Å². The number of benzene rings is 2. The summed E-state index contributed by atoms with van der Waals surface area (Å²) in [7, 11) is -0.698. The molecule has 0 bridgehead atoms. The molecule has 2 aromatic carbocycles. The molecule has 0 aromatic heterocycles. The Hall–Kier alpha value is -2.09. The minimum Gasteiger partial charge on any atom is -0.370 e. The molecule has 2 aromatic rings. The molecule has 1 saturated heterocycles. The molecule has 8 heteroatoms. The summed E-state index contributed by atoms with van der Waals surface area (Å²) in [4.78, 5) is 15.2. The molecule has 0 unspecified atom stereocenters. The van der Waals surface area contributed by atoms with E-state index in [0.29, 0.717) is 10.7 Å². The summed E-state index contributed by atoms with van der Waals surface area (Å²) in [6.07, 6.45) is 4.64. The van der Waals surface area contributed by atoms with Crippen LogP contribution in [0.2, 0.25) is 5.02 Å². The zero-order chi connectivity index (χ0) is 21.0. The summed E-state index contributed by atoms with van der Waals surface area (Å²) in [5.41, 5.74) is 1.83. The molecule has 1 amide bonds. The molecule has 3 rings (SSSR count). The summed E-state index contributed by atoms with van der Waals surface area (Å²) in [5.74, 6) is -0.376. The van der Waals surface area contributed by atoms with Gasteiger partial charge >= 0.3 is 0 Å². The molecule has 0 spiro atoms. The summed E-state index contributed by atoms with van der Waals surface area (Å²) >= 11 is 6.18. The Morgan fingerprint density at radius 1 is 1.03 bits per heavy atom. The standard InChI is InChI=1S/C21H26ClN3O3S/c1-24(2)29(27,28)18-9-7-8-16(14-18)21(26)23-19-15-17(22)10-11-20(19)25-12-5-3-4-6-13-25/h7-11,14-15H,3-6,12-13H2,1-2H3,(H,23,26). The Morgan fingerprint density at radius 2 is 1.72 bits per heavy atom. The van der Waals surface area contributed by atoms with Gasteiger partial charge in [0.2, 0.25) is 10.0 Å². The summed E-state index contributed by atoms with van der Waals surface area (Å²) in [5, 5.41) is 3.45. The molecule has 0 radical (unpaired) electrons. The van der Waals surface area contributed by atoms with Gasteiger partial charge in [0.1, 0.15) is 0 Å². The van der Waals surface area contributed by atoms with E-state index in [-0.39, 0.29) is 16.4 Å². The minimum atomic E-state index is -3.62. The maximum absolute atomic E-state index is 12.9. The van der Waals surface area contributed by atoms with Crippen LogP contribution in [0.15, 0.2) is 47.4 Å². The second-order valence-electron chi connectivity index (χ2n) is 7.33. The molecule has 1 aliphatic rings. The van der Waals surface area contributed by atoms with Gasteiger partial charge in [0, 0.05) is 37.8 Å². The molecular formula is C21H26ClN3O3S. The third-order valence-electron chi connectivity index (χ3n) is 5.03. The van der Waals surface area contributed by atoms with E-state index in [9.17, 15) is 13.2 Å². The molecule has 29 heavy (non-hydrogen) atoms. The van der Waals surface area contributed by atoms with Crippen LogP contribution in [-0.2, 0) is 10.0 Å². The third kappa shape index (κ3) is 5.10. The smallest absolute Gasteiger partial charge is 0.255 e. The van der Waals surface area contributed by atoms with Crippen molar-refractivity contribution in [2.75, 3.05) is 37.4 Å². The van der Waals surface area contributed by atoms with Crippen molar-refractivity contribution in [3.8, 4) is 0 Å². The van der Waals surface area contributed by atoms with Gasteiger partial charge < -0.3 is 10.2 Å². The fourth-order valence-corrected chi connectivity index (χ4v) is 4.52. The number of hydrogen-bond donors (Lipinski definition) is 1. The summed E-state index contributed by atoms with van der Waals surface area (Å²) < 4.78 is 25.9. The third-order valence-corrected chi connectivity index (χ3v) is 7.07. The highest BCUT2D eigenvalue weighted by atomic mass is 35.5. The van der Waals surface area contributed by atoms with Crippen molar-refractivity contribution in [2.24, 2.45) is 0 Å². The lowest BCUT2D eigenvalue weighted by Crippen LogP contribution is -2.26. The maximum atomic E-state index is 12.9. The first-order valence-corrected chi connectivity index (χ1v) is 11.5. The Kier molecular flexibility index (Phi) is 6.82. The molecule has 1 fully saturated rings. The SMILES string of the molecule is CN(C)S(=O)(=O)c1cccc(C(=O)Nc2cc(Cl)ccc2N2CCCCCC2)c1. The van der Waals surface area contributed by atoms with E-state index >= 15 is 0 Å². The second kappa shape index (κ2) is 9.15. The molecule has 156 valence electrons. The zero-order valence-corrected chi connectivity index (χ0v) is 18.3. The van der Waals surface area contributed by atoms with Crippen LogP contribution < -0.4 is 10.2 Å². The number of nitrogens with zero attached hydrogens (tertiary/aromatic N) is 2. The molecule has 1 aliphatic heterocycles. The Labute approximate surface area is 177 Å². The molecule has 0 aliphatic carbocycles. The zero-order valence-electron chi connectivity index (χ0n) is 16.7. The van der Waals surface area contributed by atoms with Gasteiger partial charge in [-0.3, -0.25) is 4.79 Å². The highest BCUT2D eigenvalue weighted by Crippen LogP contribution is 2.31. The molecule has 6 nitrogen and oxygen atoms in total. The van der Waals surface area contributed by atoms with Gasteiger partial charge in [0.25, 0.3) is 5.91 Å². The monoisotopic (exact) mass is 435 g/mol. The summed E-state index contributed by atoms with van der Waals surface area (Å²) in [6, 6.07) is 11.5. The first-order valence-electron chi connectivity index (χ1n) is 9.67.